The van der Waals surface area contributed by atoms with Crippen molar-refractivity contribution in [1.82, 2.24) is 4.90 Å². The summed E-state index contributed by atoms with van der Waals surface area (Å²) in [6.07, 6.45) is 0. The quantitative estimate of drug-likeness (QED) is 0.895. The van der Waals surface area contributed by atoms with Crippen LogP contribution in [-0.2, 0) is 17.8 Å². The molecule has 0 aliphatic carbocycles. The Kier molecular flexibility index (Phi) is 4.95. The lowest BCUT2D eigenvalue weighted by Gasteiger charge is -2.26. The first-order chi connectivity index (χ1) is 10.3. The normalized spacial score (nSPS) is 16.0. The summed E-state index contributed by atoms with van der Waals surface area (Å²) in [6.45, 7) is 5.42. The molecular weight excluding hydrogens is 332 g/mol. The van der Waals surface area contributed by atoms with Gasteiger partial charge >= 0.3 is 0 Å². The minimum atomic E-state index is 0.689. The van der Waals surface area contributed by atoms with E-state index >= 15 is 0 Å². The number of benzene rings is 1. The standard InChI is InChI=1S/C16H19BrN2O2/c17-16-6-5-15(21-16)11-18-14-3-1-13(2-4-14)12-19-7-9-20-10-8-19/h1-6,18H,7-12H2. The molecule has 1 aliphatic heterocycles. The number of anilines is 1. The summed E-state index contributed by atoms with van der Waals surface area (Å²) in [7, 11) is 0. The van der Waals surface area contributed by atoms with Gasteiger partial charge in [-0.3, -0.25) is 4.90 Å². The zero-order valence-electron chi connectivity index (χ0n) is 11.8. The van der Waals surface area contributed by atoms with E-state index in [-0.39, 0.29) is 0 Å². The van der Waals surface area contributed by atoms with Gasteiger partial charge in [-0.15, -0.1) is 0 Å². The van der Waals surface area contributed by atoms with Gasteiger partial charge in [0, 0.05) is 25.3 Å². The van der Waals surface area contributed by atoms with Gasteiger partial charge in [-0.25, -0.2) is 0 Å². The monoisotopic (exact) mass is 350 g/mol. The van der Waals surface area contributed by atoms with Crippen LogP contribution in [0.15, 0.2) is 45.5 Å². The number of furan rings is 1. The van der Waals surface area contributed by atoms with Crippen molar-refractivity contribution in [2.45, 2.75) is 13.1 Å². The molecule has 4 nitrogen and oxygen atoms in total. The van der Waals surface area contributed by atoms with Crippen molar-refractivity contribution in [3.05, 3.63) is 52.4 Å². The van der Waals surface area contributed by atoms with E-state index < -0.39 is 0 Å². The Hall–Kier alpha value is -1.30. The molecular formula is C16H19BrN2O2. The Balaban J connectivity index is 1.51. The van der Waals surface area contributed by atoms with E-state index in [2.05, 4.69) is 50.4 Å². The van der Waals surface area contributed by atoms with E-state index in [1.807, 2.05) is 12.1 Å². The molecule has 2 heterocycles. The van der Waals surface area contributed by atoms with Crippen molar-refractivity contribution in [1.29, 1.82) is 0 Å². The molecule has 3 rings (SSSR count). The maximum absolute atomic E-state index is 5.47. The van der Waals surface area contributed by atoms with E-state index in [0.717, 1.165) is 49.0 Å². The van der Waals surface area contributed by atoms with Gasteiger partial charge in [0.05, 0.1) is 19.8 Å². The number of nitrogens with one attached hydrogen (secondary N) is 1. The Morgan fingerprint density at radius 3 is 2.48 bits per heavy atom. The molecule has 1 fully saturated rings. The fourth-order valence-corrected chi connectivity index (χ4v) is 2.72. The molecule has 2 aromatic rings. The Labute approximate surface area is 133 Å². The molecule has 0 amide bonds. The lowest BCUT2D eigenvalue weighted by molar-refractivity contribution is 0.0342. The van der Waals surface area contributed by atoms with E-state index in [0.29, 0.717) is 6.54 Å². The second-order valence-electron chi connectivity index (χ2n) is 5.14. The minimum Gasteiger partial charge on any atom is -0.452 e. The lowest BCUT2D eigenvalue weighted by Crippen LogP contribution is -2.35. The highest BCUT2D eigenvalue weighted by Crippen LogP contribution is 2.17. The van der Waals surface area contributed by atoms with Crippen LogP contribution in [-0.4, -0.2) is 31.2 Å². The van der Waals surface area contributed by atoms with Crippen molar-refractivity contribution in [2.75, 3.05) is 31.6 Å². The predicted octanol–water partition coefficient (Wildman–Crippen LogP) is 3.49. The largest absolute Gasteiger partial charge is 0.452 e. The van der Waals surface area contributed by atoms with Gasteiger partial charge in [0.2, 0.25) is 0 Å². The number of rotatable bonds is 5. The van der Waals surface area contributed by atoms with Crippen LogP contribution < -0.4 is 5.32 Å². The summed E-state index contributed by atoms with van der Waals surface area (Å²) < 4.78 is 11.6. The summed E-state index contributed by atoms with van der Waals surface area (Å²) in [5.74, 6) is 0.916. The maximum atomic E-state index is 5.47. The Bertz CT molecular complexity index is 562. The number of hydrogen-bond donors (Lipinski definition) is 1. The van der Waals surface area contributed by atoms with Crippen LogP contribution >= 0.6 is 15.9 Å². The Morgan fingerprint density at radius 1 is 1.05 bits per heavy atom. The summed E-state index contributed by atoms with van der Waals surface area (Å²) in [5.41, 5.74) is 2.44. The number of morpholine rings is 1. The van der Waals surface area contributed by atoms with Gasteiger partial charge in [-0.2, -0.15) is 0 Å². The van der Waals surface area contributed by atoms with Gasteiger partial charge in [-0.05, 0) is 45.8 Å². The smallest absolute Gasteiger partial charge is 0.169 e. The van der Waals surface area contributed by atoms with Crippen molar-refractivity contribution in [3.63, 3.8) is 0 Å². The van der Waals surface area contributed by atoms with Crippen molar-refractivity contribution in [3.8, 4) is 0 Å². The molecule has 5 heteroatoms. The summed E-state index contributed by atoms with van der Waals surface area (Å²) in [4.78, 5) is 2.42. The topological polar surface area (TPSA) is 37.6 Å². The minimum absolute atomic E-state index is 0.689. The zero-order valence-corrected chi connectivity index (χ0v) is 13.4. The average Bonchev–Trinajstić information content (AvgIpc) is 2.93. The number of nitrogens with zero attached hydrogens (tertiary/aromatic N) is 1. The van der Waals surface area contributed by atoms with Crippen LogP contribution in [0.1, 0.15) is 11.3 Å². The maximum Gasteiger partial charge on any atom is 0.169 e. The summed E-state index contributed by atoms with van der Waals surface area (Å²) in [6, 6.07) is 12.5. The van der Waals surface area contributed by atoms with E-state index in [1.54, 1.807) is 0 Å². The van der Waals surface area contributed by atoms with Gasteiger partial charge in [0.25, 0.3) is 0 Å². The van der Waals surface area contributed by atoms with Crippen LogP contribution in [0.4, 0.5) is 5.69 Å². The molecule has 1 aromatic carbocycles. The molecule has 0 atom stereocenters. The first kappa shape index (κ1) is 14.6. The molecule has 1 aromatic heterocycles. The molecule has 0 saturated carbocycles. The van der Waals surface area contributed by atoms with E-state index in [1.165, 1.54) is 5.56 Å². The van der Waals surface area contributed by atoms with Crippen LogP contribution in [0, 0.1) is 0 Å². The number of halogens is 1. The molecule has 0 unspecified atom stereocenters. The third-order valence-corrected chi connectivity index (χ3v) is 3.99. The first-order valence-corrected chi connectivity index (χ1v) is 7.96. The second-order valence-corrected chi connectivity index (χ2v) is 5.93. The van der Waals surface area contributed by atoms with E-state index in [9.17, 15) is 0 Å². The third-order valence-electron chi connectivity index (χ3n) is 3.56. The summed E-state index contributed by atoms with van der Waals surface area (Å²) >= 11 is 3.31. The van der Waals surface area contributed by atoms with Crippen LogP contribution in [0.5, 0.6) is 0 Å². The lowest BCUT2D eigenvalue weighted by atomic mass is 10.2. The second kappa shape index (κ2) is 7.11. The molecule has 0 radical (unpaired) electrons. The molecule has 1 N–H and O–H groups in total. The fourth-order valence-electron chi connectivity index (χ4n) is 2.38. The van der Waals surface area contributed by atoms with Crippen LogP contribution in [0.3, 0.4) is 0 Å². The van der Waals surface area contributed by atoms with Crippen molar-refractivity contribution < 1.29 is 9.15 Å². The molecule has 1 aliphatic rings. The highest BCUT2D eigenvalue weighted by molar-refractivity contribution is 9.10. The van der Waals surface area contributed by atoms with Crippen LogP contribution in [0.2, 0.25) is 0 Å². The van der Waals surface area contributed by atoms with Crippen molar-refractivity contribution >= 4 is 21.6 Å². The number of ether oxygens (including phenoxy) is 1. The summed E-state index contributed by atoms with van der Waals surface area (Å²) in [5, 5.41) is 3.36. The third kappa shape index (κ3) is 4.33. The average molecular weight is 351 g/mol. The van der Waals surface area contributed by atoms with Gasteiger partial charge < -0.3 is 14.5 Å². The van der Waals surface area contributed by atoms with Crippen LogP contribution in [0.25, 0.3) is 0 Å². The molecule has 112 valence electrons. The van der Waals surface area contributed by atoms with Gasteiger partial charge in [0.1, 0.15) is 5.76 Å². The molecule has 0 bridgehead atoms. The first-order valence-electron chi connectivity index (χ1n) is 7.17. The van der Waals surface area contributed by atoms with E-state index in [4.69, 9.17) is 9.15 Å². The zero-order chi connectivity index (χ0) is 14.5. The Morgan fingerprint density at radius 2 is 1.81 bits per heavy atom. The van der Waals surface area contributed by atoms with Gasteiger partial charge in [-0.1, -0.05) is 12.1 Å². The fraction of sp³-hybridized carbons (Fsp3) is 0.375. The highest BCUT2D eigenvalue weighted by Gasteiger charge is 2.10. The number of hydrogen-bond acceptors (Lipinski definition) is 4. The molecule has 21 heavy (non-hydrogen) atoms. The molecule has 0 spiro atoms. The predicted molar refractivity (Wildman–Crippen MR) is 86.3 cm³/mol. The molecule has 1 saturated heterocycles. The highest BCUT2D eigenvalue weighted by atomic mass is 79.9. The SMILES string of the molecule is Brc1ccc(CNc2ccc(CN3CCOCC3)cc2)o1. The van der Waals surface area contributed by atoms with Gasteiger partial charge in [0.15, 0.2) is 4.67 Å². The van der Waals surface area contributed by atoms with Crippen molar-refractivity contribution in [2.24, 2.45) is 0 Å².